The number of carboxylic acid groups (broad SMARTS) is 2. The van der Waals surface area contributed by atoms with Crippen molar-refractivity contribution in [1.82, 2.24) is 9.78 Å². The molecule has 14 heteroatoms. The van der Waals surface area contributed by atoms with Gasteiger partial charge < -0.3 is 15.1 Å². The van der Waals surface area contributed by atoms with Gasteiger partial charge >= 0.3 is 18.1 Å². The average molecular weight is 599 g/mol. The van der Waals surface area contributed by atoms with E-state index >= 15 is 0 Å². The molecule has 0 fully saturated rings. The molecule has 2 aromatic carbocycles. The Morgan fingerprint density at radius 3 is 2.12 bits per heavy atom. The van der Waals surface area contributed by atoms with E-state index in [4.69, 9.17) is 9.90 Å². The predicted molar refractivity (Wildman–Crippen MR) is 148 cm³/mol. The molecular formula is C27H33F3N4O6S. The summed E-state index contributed by atoms with van der Waals surface area (Å²) in [5.74, 6) is -3.87. The van der Waals surface area contributed by atoms with Crippen LogP contribution in [0, 0.1) is 13.8 Å². The molecule has 0 aliphatic rings. The number of aryl methyl sites for hydroxylation is 3. The lowest BCUT2D eigenvalue weighted by Gasteiger charge is -2.22. The number of aliphatic carboxylic acids is 1. The Balaban J connectivity index is 0.000000745. The fraction of sp³-hybridized carbons (Fsp3) is 0.370. The molecule has 3 N–H and O–H groups in total. The highest BCUT2D eigenvalue weighted by Gasteiger charge is 2.38. The maximum atomic E-state index is 12.8. The van der Waals surface area contributed by atoms with E-state index in [0.717, 1.165) is 36.2 Å². The SMILES string of the molecule is CCc1ccc(S(=O)(=O)Nc2ccc(N(C)CCCc3c(C)nn(C)c3C)c(C(=O)O)c2)cc1.O=C(O)C(F)(F)F. The van der Waals surface area contributed by atoms with E-state index in [2.05, 4.69) is 9.82 Å². The molecule has 1 heterocycles. The van der Waals surface area contributed by atoms with Crippen molar-refractivity contribution in [2.75, 3.05) is 23.2 Å². The molecule has 224 valence electrons. The number of alkyl halides is 3. The molecule has 3 aromatic rings. The fourth-order valence-electron chi connectivity index (χ4n) is 4.01. The van der Waals surface area contributed by atoms with Crippen molar-refractivity contribution in [3.8, 4) is 0 Å². The van der Waals surface area contributed by atoms with Crippen molar-refractivity contribution >= 4 is 33.3 Å². The summed E-state index contributed by atoms with van der Waals surface area (Å²) in [7, 11) is -0.0684. The molecule has 0 unspecified atom stereocenters. The van der Waals surface area contributed by atoms with Crippen LogP contribution < -0.4 is 9.62 Å². The third kappa shape index (κ3) is 8.96. The van der Waals surface area contributed by atoms with Crippen LogP contribution in [0.1, 0.15) is 46.2 Å². The molecule has 3 rings (SSSR count). The van der Waals surface area contributed by atoms with Gasteiger partial charge in [0, 0.05) is 32.0 Å². The van der Waals surface area contributed by atoms with Crippen molar-refractivity contribution in [2.45, 2.75) is 51.1 Å². The third-order valence-electron chi connectivity index (χ3n) is 6.35. The summed E-state index contributed by atoms with van der Waals surface area (Å²) in [6, 6.07) is 11.2. The molecule has 0 saturated heterocycles. The molecule has 0 radical (unpaired) electrons. The number of carbonyl (C=O) groups is 2. The van der Waals surface area contributed by atoms with Gasteiger partial charge in [-0.3, -0.25) is 9.40 Å². The normalized spacial score (nSPS) is 11.4. The molecule has 0 saturated carbocycles. The van der Waals surface area contributed by atoms with Crippen LogP contribution in [0.3, 0.4) is 0 Å². The molecule has 0 spiro atoms. The molecule has 10 nitrogen and oxygen atoms in total. The first kappa shape index (κ1) is 33.1. The third-order valence-corrected chi connectivity index (χ3v) is 7.75. The van der Waals surface area contributed by atoms with Gasteiger partial charge in [0.15, 0.2) is 0 Å². The second-order valence-corrected chi connectivity index (χ2v) is 10.9. The maximum Gasteiger partial charge on any atom is 0.490 e. The van der Waals surface area contributed by atoms with Crippen LogP contribution in [0.2, 0.25) is 0 Å². The summed E-state index contributed by atoms with van der Waals surface area (Å²) in [5.41, 5.74) is 5.16. The summed E-state index contributed by atoms with van der Waals surface area (Å²) in [6.45, 7) is 6.67. The Morgan fingerprint density at radius 2 is 1.66 bits per heavy atom. The van der Waals surface area contributed by atoms with Gasteiger partial charge in [-0.1, -0.05) is 19.1 Å². The van der Waals surface area contributed by atoms with Crippen LogP contribution in [0.25, 0.3) is 0 Å². The van der Waals surface area contributed by atoms with Gasteiger partial charge in [0.25, 0.3) is 10.0 Å². The first-order valence-electron chi connectivity index (χ1n) is 12.5. The van der Waals surface area contributed by atoms with Gasteiger partial charge in [-0.25, -0.2) is 18.0 Å². The molecule has 1 aromatic heterocycles. The van der Waals surface area contributed by atoms with Crippen LogP contribution in [-0.4, -0.2) is 60.1 Å². The number of aromatic carboxylic acids is 1. The smallest absolute Gasteiger partial charge is 0.478 e. The second-order valence-electron chi connectivity index (χ2n) is 9.24. The van der Waals surface area contributed by atoms with Crippen molar-refractivity contribution in [1.29, 1.82) is 0 Å². The van der Waals surface area contributed by atoms with E-state index in [0.29, 0.717) is 12.2 Å². The average Bonchev–Trinajstić information content (AvgIpc) is 3.13. The van der Waals surface area contributed by atoms with Crippen molar-refractivity contribution in [3.05, 3.63) is 70.5 Å². The van der Waals surface area contributed by atoms with Gasteiger partial charge in [-0.05, 0) is 74.6 Å². The second kappa shape index (κ2) is 13.5. The van der Waals surface area contributed by atoms with Gasteiger partial charge in [-0.15, -0.1) is 0 Å². The van der Waals surface area contributed by atoms with Crippen LogP contribution >= 0.6 is 0 Å². The molecule has 0 atom stereocenters. The van der Waals surface area contributed by atoms with E-state index in [1.807, 2.05) is 44.4 Å². The first-order valence-corrected chi connectivity index (χ1v) is 14.0. The topological polar surface area (TPSA) is 142 Å². The zero-order valence-corrected chi connectivity index (χ0v) is 24.1. The number of anilines is 2. The number of hydrogen-bond donors (Lipinski definition) is 3. The molecule has 0 aliphatic heterocycles. The molecule has 41 heavy (non-hydrogen) atoms. The van der Waals surface area contributed by atoms with Gasteiger partial charge in [0.05, 0.1) is 21.8 Å². The van der Waals surface area contributed by atoms with E-state index in [1.165, 1.54) is 11.6 Å². The number of carboxylic acids is 2. The summed E-state index contributed by atoms with van der Waals surface area (Å²) >= 11 is 0. The number of nitrogens with zero attached hydrogens (tertiary/aromatic N) is 3. The van der Waals surface area contributed by atoms with Gasteiger partial charge in [-0.2, -0.15) is 18.3 Å². The highest BCUT2D eigenvalue weighted by Crippen LogP contribution is 2.26. The Morgan fingerprint density at radius 1 is 1.07 bits per heavy atom. The van der Waals surface area contributed by atoms with Crippen LogP contribution in [0.5, 0.6) is 0 Å². The number of rotatable bonds is 10. The maximum absolute atomic E-state index is 12.8. The summed E-state index contributed by atoms with van der Waals surface area (Å²) in [6.07, 6.45) is -2.61. The minimum absolute atomic E-state index is 0.0396. The van der Waals surface area contributed by atoms with Crippen LogP contribution in [0.4, 0.5) is 24.5 Å². The van der Waals surface area contributed by atoms with Crippen LogP contribution in [-0.2, 0) is 34.7 Å². The highest BCUT2D eigenvalue weighted by atomic mass is 32.2. The van der Waals surface area contributed by atoms with E-state index < -0.39 is 28.1 Å². The summed E-state index contributed by atoms with van der Waals surface area (Å²) < 4.78 is 61.6. The fourth-order valence-corrected chi connectivity index (χ4v) is 5.06. The number of nitrogens with one attached hydrogen (secondary N) is 1. The highest BCUT2D eigenvalue weighted by molar-refractivity contribution is 7.92. The number of hydrogen-bond acceptors (Lipinski definition) is 6. The van der Waals surface area contributed by atoms with Crippen molar-refractivity contribution in [3.63, 3.8) is 0 Å². The number of aromatic nitrogens is 2. The van der Waals surface area contributed by atoms with E-state index in [1.54, 1.807) is 36.4 Å². The van der Waals surface area contributed by atoms with Gasteiger partial charge in [0.1, 0.15) is 0 Å². The lowest BCUT2D eigenvalue weighted by atomic mass is 10.1. The van der Waals surface area contributed by atoms with Crippen LogP contribution in [0.15, 0.2) is 47.4 Å². The monoisotopic (exact) mass is 598 g/mol. The molecule has 0 amide bonds. The lowest BCUT2D eigenvalue weighted by Crippen LogP contribution is -2.22. The van der Waals surface area contributed by atoms with Crippen molar-refractivity contribution < 1.29 is 41.4 Å². The lowest BCUT2D eigenvalue weighted by molar-refractivity contribution is -0.192. The first-order chi connectivity index (χ1) is 19.0. The summed E-state index contributed by atoms with van der Waals surface area (Å²) in [5, 5.41) is 21.3. The molecular weight excluding hydrogens is 565 g/mol. The number of halogens is 3. The number of benzene rings is 2. The standard InChI is InChI=1S/C25H32N4O4S.C2HF3O2/c1-6-19-9-12-21(13-10-19)34(32,33)27-20-11-14-24(23(16-20)25(30)31)28(4)15-7-8-22-17(2)26-29(5)18(22)3;3-2(4,5)1(6)7/h9-14,16,27H,6-8,15H2,1-5H3,(H,30,31);(H,6,7). The Bertz CT molecular complexity index is 1490. The Hall–Kier alpha value is -4.07. The zero-order valence-electron chi connectivity index (χ0n) is 23.3. The van der Waals surface area contributed by atoms with E-state index in [-0.39, 0.29) is 16.1 Å². The Labute approximate surface area is 236 Å². The molecule has 0 aliphatic carbocycles. The zero-order chi connectivity index (χ0) is 31.1. The largest absolute Gasteiger partial charge is 0.490 e. The minimum atomic E-state index is -5.08. The predicted octanol–water partition coefficient (Wildman–Crippen LogP) is 4.80. The number of sulfonamides is 1. The Kier molecular flexibility index (Phi) is 10.9. The quantitative estimate of drug-likeness (QED) is 0.302. The van der Waals surface area contributed by atoms with E-state index in [9.17, 15) is 31.5 Å². The molecule has 0 bridgehead atoms. The van der Waals surface area contributed by atoms with Crippen molar-refractivity contribution in [2.24, 2.45) is 7.05 Å². The summed E-state index contributed by atoms with van der Waals surface area (Å²) in [4.78, 5) is 22.9. The minimum Gasteiger partial charge on any atom is -0.478 e. The van der Waals surface area contributed by atoms with Gasteiger partial charge in [0.2, 0.25) is 0 Å².